The van der Waals surface area contributed by atoms with Gasteiger partial charge in [0.1, 0.15) is 0 Å². The van der Waals surface area contributed by atoms with Gasteiger partial charge in [0, 0.05) is 0 Å². The molecule has 0 heterocycles. The van der Waals surface area contributed by atoms with E-state index < -0.39 is 5.97 Å². The van der Waals surface area contributed by atoms with Gasteiger partial charge in [0.15, 0.2) is 0 Å². The van der Waals surface area contributed by atoms with Gasteiger partial charge in [-0.3, -0.25) is 4.79 Å². The van der Waals surface area contributed by atoms with Crippen molar-refractivity contribution >= 4 is 5.97 Å². The van der Waals surface area contributed by atoms with Gasteiger partial charge in [-0.2, -0.15) is 0 Å². The van der Waals surface area contributed by atoms with Gasteiger partial charge >= 0.3 is 5.97 Å². The lowest BCUT2D eigenvalue weighted by Gasteiger charge is -2.03. The Morgan fingerprint density at radius 3 is 2.22 bits per heavy atom. The van der Waals surface area contributed by atoms with Gasteiger partial charge in [0.25, 0.3) is 0 Å². The fourth-order valence-electron chi connectivity index (χ4n) is 0.445. The number of allylic oxidation sites excluding steroid dienone is 1. The highest BCUT2D eigenvalue weighted by molar-refractivity contribution is 5.72. The zero-order valence-corrected chi connectivity index (χ0v) is 6.01. The molecule has 52 valence electrons. The molecule has 0 saturated carbocycles. The molecule has 1 atom stereocenters. The molecule has 0 aliphatic heterocycles. The second kappa shape index (κ2) is 3.28. The lowest BCUT2D eigenvalue weighted by Crippen LogP contribution is -2.09. The van der Waals surface area contributed by atoms with E-state index in [1.54, 1.807) is 6.92 Å². The number of hydrogen-bond donors (Lipinski definition) is 1. The molecule has 0 saturated heterocycles. The molecule has 0 aromatic carbocycles. The minimum atomic E-state index is -0.759. The van der Waals surface area contributed by atoms with Gasteiger partial charge in [-0.1, -0.05) is 11.6 Å². The Kier molecular flexibility index (Phi) is 2.99. The van der Waals surface area contributed by atoms with E-state index in [4.69, 9.17) is 5.11 Å². The van der Waals surface area contributed by atoms with E-state index in [1.165, 1.54) is 0 Å². The van der Waals surface area contributed by atoms with E-state index in [2.05, 4.69) is 0 Å². The highest BCUT2D eigenvalue weighted by atomic mass is 16.4. The Labute approximate surface area is 55.2 Å². The Bertz CT molecular complexity index is 136. The summed E-state index contributed by atoms with van der Waals surface area (Å²) in [5.74, 6) is -1.10. The van der Waals surface area contributed by atoms with Gasteiger partial charge in [0.05, 0.1) is 5.92 Å². The van der Waals surface area contributed by atoms with Gasteiger partial charge in [0.2, 0.25) is 0 Å². The van der Waals surface area contributed by atoms with E-state index in [-0.39, 0.29) is 5.92 Å². The third-order valence-corrected chi connectivity index (χ3v) is 1.51. The van der Waals surface area contributed by atoms with Crippen LogP contribution < -0.4 is 0 Å². The zero-order chi connectivity index (χ0) is 7.44. The first-order valence-electron chi connectivity index (χ1n) is 2.95. The van der Waals surface area contributed by atoms with E-state index in [1.807, 2.05) is 19.9 Å². The summed E-state index contributed by atoms with van der Waals surface area (Å²) in [5, 5.41) is 8.44. The van der Waals surface area contributed by atoms with Crippen LogP contribution in [0.5, 0.6) is 0 Å². The summed E-state index contributed by atoms with van der Waals surface area (Å²) < 4.78 is 0. The van der Waals surface area contributed by atoms with Crippen LogP contribution >= 0.6 is 0 Å². The Balaban J connectivity index is 4.04. The summed E-state index contributed by atoms with van der Waals surface area (Å²) in [6, 6.07) is 0. The molecule has 0 amide bonds. The predicted molar refractivity (Wildman–Crippen MR) is 36.2 cm³/mol. The summed E-state index contributed by atoms with van der Waals surface area (Å²) in [5.41, 5.74) is 0.905. The van der Waals surface area contributed by atoms with Crippen LogP contribution in [-0.4, -0.2) is 11.1 Å². The van der Waals surface area contributed by atoms with Gasteiger partial charge in [-0.25, -0.2) is 0 Å². The molecule has 2 nitrogen and oxygen atoms in total. The zero-order valence-electron chi connectivity index (χ0n) is 6.01. The van der Waals surface area contributed by atoms with Gasteiger partial charge < -0.3 is 5.11 Å². The van der Waals surface area contributed by atoms with Gasteiger partial charge in [-0.15, -0.1) is 0 Å². The first kappa shape index (κ1) is 8.21. The molecule has 0 spiro atoms. The quantitative estimate of drug-likeness (QED) is 0.574. The molecule has 0 fully saturated rings. The van der Waals surface area contributed by atoms with Crippen LogP contribution in [-0.2, 0) is 4.79 Å². The average Bonchev–Trinajstić information content (AvgIpc) is 1.84. The lowest BCUT2D eigenvalue weighted by molar-refractivity contribution is -0.139. The van der Waals surface area contributed by atoms with Crippen molar-refractivity contribution in [2.75, 3.05) is 0 Å². The lowest BCUT2D eigenvalue weighted by atomic mass is 10.0. The first-order valence-corrected chi connectivity index (χ1v) is 2.95. The minimum Gasteiger partial charge on any atom is -0.481 e. The maximum absolute atomic E-state index is 10.3. The van der Waals surface area contributed by atoms with Crippen molar-refractivity contribution in [2.24, 2.45) is 5.92 Å². The van der Waals surface area contributed by atoms with Crippen molar-refractivity contribution in [3.05, 3.63) is 11.6 Å². The fourth-order valence-corrected chi connectivity index (χ4v) is 0.445. The molecule has 0 radical (unpaired) electrons. The molecular weight excluding hydrogens is 116 g/mol. The standard InChI is InChI=1S/C7H12O2/c1-4-5(2)6(3)7(8)9/h4,6H,1-3H3,(H,8,9)/b5-4+/t6-/m0/s1. The number of rotatable bonds is 2. The Morgan fingerprint density at radius 1 is 1.67 bits per heavy atom. The molecular formula is C7H12O2. The molecule has 0 aromatic rings. The van der Waals surface area contributed by atoms with Crippen LogP contribution in [0.25, 0.3) is 0 Å². The largest absolute Gasteiger partial charge is 0.481 e. The number of carboxylic acid groups (broad SMARTS) is 1. The van der Waals surface area contributed by atoms with Crippen LogP contribution in [0.1, 0.15) is 20.8 Å². The molecule has 0 aromatic heterocycles. The summed E-state index contributed by atoms with van der Waals surface area (Å²) in [6.07, 6.45) is 1.82. The summed E-state index contributed by atoms with van der Waals surface area (Å²) >= 11 is 0. The summed E-state index contributed by atoms with van der Waals surface area (Å²) in [7, 11) is 0. The number of carboxylic acids is 1. The monoisotopic (exact) mass is 128 g/mol. The third-order valence-electron chi connectivity index (χ3n) is 1.51. The van der Waals surface area contributed by atoms with Crippen LogP contribution in [0, 0.1) is 5.92 Å². The van der Waals surface area contributed by atoms with Crippen molar-refractivity contribution in [3.63, 3.8) is 0 Å². The molecule has 0 aliphatic rings. The van der Waals surface area contributed by atoms with E-state index >= 15 is 0 Å². The normalized spacial score (nSPS) is 15.2. The molecule has 0 bridgehead atoms. The second-order valence-corrected chi connectivity index (χ2v) is 2.09. The van der Waals surface area contributed by atoms with Crippen LogP contribution in [0.3, 0.4) is 0 Å². The van der Waals surface area contributed by atoms with Crippen molar-refractivity contribution in [1.82, 2.24) is 0 Å². The summed E-state index contributed by atoms with van der Waals surface area (Å²) in [4.78, 5) is 10.3. The van der Waals surface area contributed by atoms with Crippen LogP contribution in [0.15, 0.2) is 11.6 Å². The van der Waals surface area contributed by atoms with Crippen molar-refractivity contribution in [2.45, 2.75) is 20.8 Å². The molecule has 0 aliphatic carbocycles. The fraction of sp³-hybridized carbons (Fsp3) is 0.571. The summed E-state index contributed by atoms with van der Waals surface area (Å²) in [6.45, 7) is 5.34. The molecule has 2 heteroatoms. The van der Waals surface area contributed by atoms with Crippen molar-refractivity contribution < 1.29 is 9.90 Å². The van der Waals surface area contributed by atoms with E-state index in [0.717, 1.165) is 5.57 Å². The van der Waals surface area contributed by atoms with Crippen molar-refractivity contribution in [1.29, 1.82) is 0 Å². The van der Waals surface area contributed by atoms with Crippen molar-refractivity contribution in [3.8, 4) is 0 Å². The third kappa shape index (κ3) is 2.31. The van der Waals surface area contributed by atoms with Gasteiger partial charge in [-0.05, 0) is 20.8 Å². The molecule has 0 rings (SSSR count). The maximum atomic E-state index is 10.3. The number of hydrogen-bond acceptors (Lipinski definition) is 1. The first-order chi connectivity index (χ1) is 4.09. The Hall–Kier alpha value is -0.790. The van der Waals surface area contributed by atoms with Crippen LogP contribution in [0.4, 0.5) is 0 Å². The highest BCUT2D eigenvalue weighted by Crippen LogP contribution is 2.07. The number of aliphatic carboxylic acids is 1. The highest BCUT2D eigenvalue weighted by Gasteiger charge is 2.10. The number of carbonyl (C=O) groups is 1. The topological polar surface area (TPSA) is 37.3 Å². The van der Waals surface area contributed by atoms with Crippen LogP contribution in [0.2, 0.25) is 0 Å². The maximum Gasteiger partial charge on any atom is 0.310 e. The molecule has 0 unspecified atom stereocenters. The SMILES string of the molecule is C/C=C(\C)[C@H](C)C(=O)O. The molecule has 9 heavy (non-hydrogen) atoms. The second-order valence-electron chi connectivity index (χ2n) is 2.09. The van der Waals surface area contributed by atoms with E-state index in [9.17, 15) is 4.79 Å². The Morgan fingerprint density at radius 2 is 2.11 bits per heavy atom. The minimum absolute atomic E-state index is 0.338. The smallest absolute Gasteiger partial charge is 0.310 e. The molecule has 1 N–H and O–H groups in total. The van der Waals surface area contributed by atoms with E-state index in [0.29, 0.717) is 0 Å². The average molecular weight is 128 g/mol. The predicted octanol–water partition coefficient (Wildman–Crippen LogP) is 1.67.